The Bertz CT molecular complexity index is 899. The number of hydrogen-bond donors (Lipinski definition) is 3. The minimum Gasteiger partial charge on any atom is -0.454 e. The molecular formula is C20H24N4O6. The summed E-state index contributed by atoms with van der Waals surface area (Å²) in [6, 6.07) is 5.84. The van der Waals surface area contributed by atoms with E-state index in [4.69, 9.17) is 4.74 Å². The molecule has 1 heterocycles. The summed E-state index contributed by atoms with van der Waals surface area (Å²) >= 11 is 0. The molecule has 1 spiro atoms. The number of ether oxygens (including phenoxy) is 1. The van der Waals surface area contributed by atoms with E-state index in [-0.39, 0.29) is 6.04 Å². The second kappa shape index (κ2) is 8.52. The van der Waals surface area contributed by atoms with E-state index in [0.29, 0.717) is 6.42 Å². The first-order chi connectivity index (χ1) is 14.2. The first-order valence-electron chi connectivity index (χ1n) is 9.71. The van der Waals surface area contributed by atoms with Crippen LogP contribution in [0, 0.1) is 0 Å². The number of rotatable bonds is 5. The van der Waals surface area contributed by atoms with Gasteiger partial charge < -0.3 is 15.4 Å². The van der Waals surface area contributed by atoms with Crippen LogP contribution in [0.25, 0.3) is 0 Å². The quantitative estimate of drug-likeness (QED) is 0.474. The normalized spacial score (nSPS) is 20.0. The number of carbonyl (C=O) groups excluding carboxylic acids is 5. The molecule has 0 aromatic heterocycles. The van der Waals surface area contributed by atoms with Crippen molar-refractivity contribution in [1.82, 2.24) is 20.9 Å². The van der Waals surface area contributed by atoms with Crippen molar-refractivity contribution in [2.75, 3.05) is 13.2 Å². The molecule has 0 bridgehead atoms. The Morgan fingerprint density at radius 1 is 1.23 bits per heavy atom. The highest BCUT2D eigenvalue weighted by atomic mass is 16.5. The Kier molecular flexibility index (Phi) is 6.04. The number of hydrogen-bond acceptors (Lipinski definition) is 6. The van der Waals surface area contributed by atoms with Gasteiger partial charge in [-0.2, -0.15) is 0 Å². The van der Waals surface area contributed by atoms with E-state index in [9.17, 15) is 24.0 Å². The topological polar surface area (TPSA) is 134 Å². The lowest BCUT2D eigenvalue weighted by Crippen LogP contribution is -2.47. The fourth-order valence-corrected chi connectivity index (χ4v) is 3.74. The smallest absolute Gasteiger partial charge is 0.326 e. The van der Waals surface area contributed by atoms with Gasteiger partial charge in [-0.25, -0.2) is 9.59 Å². The predicted molar refractivity (Wildman–Crippen MR) is 104 cm³/mol. The van der Waals surface area contributed by atoms with E-state index in [1.807, 2.05) is 17.4 Å². The lowest BCUT2D eigenvalue weighted by atomic mass is 9.76. The lowest BCUT2D eigenvalue weighted by Gasteiger charge is -2.33. The van der Waals surface area contributed by atoms with Gasteiger partial charge in [0.25, 0.3) is 11.8 Å². The Hall–Kier alpha value is -3.43. The van der Waals surface area contributed by atoms with Gasteiger partial charge in [-0.1, -0.05) is 24.3 Å². The van der Waals surface area contributed by atoms with Gasteiger partial charge in [0, 0.05) is 6.04 Å². The number of benzene rings is 1. The molecule has 3 rings (SSSR count). The second-order valence-corrected chi connectivity index (χ2v) is 7.57. The van der Waals surface area contributed by atoms with E-state index < -0.39 is 48.5 Å². The molecular weight excluding hydrogens is 392 g/mol. The summed E-state index contributed by atoms with van der Waals surface area (Å²) < 4.78 is 4.81. The van der Waals surface area contributed by atoms with Crippen LogP contribution < -0.4 is 16.0 Å². The minimum absolute atomic E-state index is 0.169. The van der Waals surface area contributed by atoms with Crippen LogP contribution in [0.15, 0.2) is 24.3 Å². The number of aryl methyl sites for hydroxylation is 1. The minimum atomic E-state index is -1.18. The zero-order valence-corrected chi connectivity index (χ0v) is 16.8. The largest absolute Gasteiger partial charge is 0.454 e. The van der Waals surface area contributed by atoms with Gasteiger partial charge in [-0.3, -0.25) is 24.6 Å². The van der Waals surface area contributed by atoms with Crippen molar-refractivity contribution < 1.29 is 28.7 Å². The van der Waals surface area contributed by atoms with Crippen LogP contribution in [0.4, 0.5) is 9.59 Å². The van der Waals surface area contributed by atoms with Crippen molar-refractivity contribution in [3.8, 4) is 0 Å². The van der Waals surface area contributed by atoms with Gasteiger partial charge in [0.1, 0.15) is 12.1 Å². The number of urea groups is 2. The molecule has 1 aliphatic heterocycles. The van der Waals surface area contributed by atoms with E-state index >= 15 is 0 Å². The molecule has 1 saturated heterocycles. The van der Waals surface area contributed by atoms with E-state index in [0.717, 1.165) is 28.9 Å². The maximum Gasteiger partial charge on any atom is 0.326 e. The zero-order chi connectivity index (χ0) is 21.9. The monoisotopic (exact) mass is 416 g/mol. The SMILES string of the molecule is CC(C)NC(=O)NC(=O)COC(=O)CN1C(=O)N[C@]2(CCCc3ccccc32)C1=O. The van der Waals surface area contributed by atoms with Crippen molar-refractivity contribution in [2.45, 2.75) is 44.7 Å². The van der Waals surface area contributed by atoms with Crippen LogP contribution in [-0.2, 0) is 31.1 Å². The van der Waals surface area contributed by atoms with Crippen molar-refractivity contribution in [1.29, 1.82) is 0 Å². The molecule has 6 amide bonds. The average Bonchev–Trinajstić information content (AvgIpc) is 2.91. The number of carbonyl (C=O) groups is 5. The van der Waals surface area contributed by atoms with Gasteiger partial charge in [0.2, 0.25) is 0 Å². The number of amides is 6. The van der Waals surface area contributed by atoms with Gasteiger partial charge in [-0.15, -0.1) is 0 Å². The summed E-state index contributed by atoms with van der Waals surface area (Å²) in [7, 11) is 0. The third-order valence-electron chi connectivity index (χ3n) is 4.97. The van der Waals surface area contributed by atoms with Gasteiger partial charge >= 0.3 is 18.0 Å². The summed E-state index contributed by atoms with van der Waals surface area (Å²) in [4.78, 5) is 61.6. The summed E-state index contributed by atoms with van der Waals surface area (Å²) in [5, 5.41) is 7.20. The van der Waals surface area contributed by atoms with Crippen molar-refractivity contribution in [2.24, 2.45) is 0 Å². The number of nitrogens with one attached hydrogen (secondary N) is 3. The van der Waals surface area contributed by atoms with Gasteiger partial charge in [0.15, 0.2) is 6.61 Å². The first kappa shape index (κ1) is 21.3. The molecule has 10 nitrogen and oxygen atoms in total. The molecule has 1 atom stereocenters. The van der Waals surface area contributed by atoms with Crippen LogP contribution in [-0.4, -0.2) is 53.9 Å². The fraction of sp³-hybridized carbons (Fsp3) is 0.450. The molecule has 1 aromatic rings. The van der Waals surface area contributed by atoms with E-state index in [1.54, 1.807) is 26.0 Å². The molecule has 2 aliphatic rings. The van der Waals surface area contributed by atoms with E-state index in [2.05, 4.69) is 10.6 Å². The summed E-state index contributed by atoms with van der Waals surface area (Å²) in [6.07, 6.45) is 1.97. The van der Waals surface area contributed by atoms with Gasteiger partial charge in [-0.05, 0) is 44.2 Å². The van der Waals surface area contributed by atoms with E-state index in [1.165, 1.54) is 0 Å². The third kappa shape index (κ3) is 4.27. The molecule has 0 unspecified atom stereocenters. The van der Waals surface area contributed by atoms with Crippen molar-refractivity contribution in [3.63, 3.8) is 0 Å². The molecule has 1 aliphatic carbocycles. The van der Waals surface area contributed by atoms with Crippen molar-refractivity contribution in [3.05, 3.63) is 35.4 Å². The standard InChI is InChI=1S/C20H24N4O6/c1-12(2)21-18(28)22-15(25)11-30-16(26)10-24-17(27)20(23-19(24)29)9-5-7-13-6-3-4-8-14(13)20/h3-4,6,8,12H,5,7,9-11H2,1-2H3,(H,23,29)(H2,21,22,25,28)/t20-/m0/s1. The maximum atomic E-state index is 13.1. The van der Waals surface area contributed by atoms with Crippen LogP contribution in [0.2, 0.25) is 0 Å². The molecule has 3 N–H and O–H groups in total. The van der Waals surface area contributed by atoms with Crippen LogP contribution >= 0.6 is 0 Å². The summed E-state index contributed by atoms with van der Waals surface area (Å²) in [6.45, 7) is 2.11. The molecule has 160 valence electrons. The summed E-state index contributed by atoms with van der Waals surface area (Å²) in [5.41, 5.74) is 0.539. The highest BCUT2D eigenvalue weighted by molar-refractivity contribution is 6.09. The Balaban J connectivity index is 1.60. The number of fused-ring (bicyclic) bond motifs is 2. The molecule has 0 saturated carbocycles. The average molecular weight is 416 g/mol. The molecule has 10 heteroatoms. The highest BCUT2D eigenvalue weighted by Crippen LogP contribution is 2.39. The Morgan fingerprint density at radius 3 is 2.70 bits per heavy atom. The Morgan fingerprint density at radius 2 is 1.97 bits per heavy atom. The predicted octanol–water partition coefficient (Wildman–Crippen LogP) is 0.547. The first-order valence-corrected chi connectivity index (χ1v) is 9.71. The Labute approximate surface area is 173 Å². The second-order valence-electron chi connectivity index (χ2n) is 7.57. The van der Waals surface area contributed by atoms with Crippen LogP contribution in [0.1, 0.15) is 37.8 Å². The molecule has 1 aromatic carbocycles. The number of esters is 1. The van der Waals surface area contributed by atoms with Crippen LogP contribution in [0.3, 0.4) is 0 Å². The highest BCUT2D eigenvalue weighted by Gasteiger charge is 2.54. The maximum absolute atomic E-state index is 13.1. The number of imide groups is 2. The van der Waals surface area contributed by atoms with Crippen molar-refractivity contribution >= 4 is 29.8 Å². The lowest BCUT2D eigenvalue weighted by molar-refractivity contribution is -0.151. The molecule has 30 heavy (non-hydrogen) atoms. The molecule has 1 fully saturated rings. The number of nitrogens with zero attached hydrogens (tertiary/aromatic N) is 1. The molecule has 0 radical (unpaired) electrons. The van der Waals surface area contributed by atoms with Crippen LogP contribution in [0.5, 0.6) is 0 Å². The summed E-state index contributed by atoms with van der Waals surface area (Å²) in [5.74, 6) is -2.27. The third-order valence-corrected chi connectivity index (χ3v) is 4.97. The van der Waals surface area contributed by atoms with Gasteiger partial charge in [0.05, 0.1) is 0 Å². The zero-order valence-electron chi connectivity index (χ0n) is 16.8. The fourth-order valence-electron chi connectivity index (χ4n) is 3.74.